The first kappa shape index (κ1) is 21.4. The Kier molecular flexibility index (Phi) is 6.90. The monoisotopic (exact) mass is 432 g/mol. The number of hydrogen-bond acceptors (Lipinski definition) is 7. The molecule has 0 aliphatic carbocycles. The molecule has 2 aliphatic heterocycles. The van der Waals surface area contributed by atoms with Crippen LogP contribution in [0.1, 0.15) is 41.6 Å². The van der Waals surface area contributed by atoms with Gasteiger partial charge in [0.1, 0.15) is 11.6 Å². The number of likely N-dealkylation sites (tertiary alicyclic amines) is 1. The van der Waals surface area contributed by atoms with E-state index < -0.39 is 0 Å². The number of allylic oxidation sites excluding steroid dienone is 1. The highest BCUT2D eigenvalue weighted by atomic mass is 32.2. The summed E-state index contributed by atoms with van der Waals surface area (Å²) in [7, 11) is 0. The number of nitrogens with zero attached hydrogens (tertiary/aromatic N) is 4. The van der Waals surface area contributed by atoms with E-state index in [2.05, 4.69) is 62.8 Å². The molecule has 0 atom stereocenters. The normalized spacial score (nSPS) is 17.8. The fourth-order valence-corrected chi connectivity index (χ4v) is 4.65. The predicted molar refractivity (Wildman–Crippen MR) is 128 cm³/mol. The van der Waals surface area contributed by atoms with E-state index in [1.165, 1.54) is 43.3 Å². The van der Waals surface area contributed by atoms with Gasteiger partial charge in [-0.05, 0) is 63.9 Å². The molecule has 1 saturated heterocycles. The summed E-state index contributed by atoms with van der Waals surface area (Å²) < 4.78 is 0. The van der Waals surface area contributed by atoms with Crippen molar-refractivity contribution < 1.29 is 0 Å². The number of nitriles is 1. The highest BCUT2D eigenvalue weighted by Crippen LogP contribution is 2.35. The van der Waals surface area contributed by atoms with E-state index >= 15 is 0 Å². The number of anilines is 1. The molecule has 31 heavy (non-hydrogen) atoms. The van der Waals surface area contributed by atoms with E-state index in [-0.39, 0.29) is 0 Å². The molecule has 6 nitrogen and oxygen atoms in total. The molecular weight excluding hydrogens is 404 g/mol. The van der Waals surface area contributed by atoms with Crippen molar-refractivity contribution in [1.29, 1.82) is 5.26 Å². The highest BCUT2D eigenvalue weighted by molar-refractivity contribution is 8.06. The van der Waals surface area contributed by atoms with Gasteiger partial charge in [0.25, 0.3) is 0 Å². The Balaban J connectivity index is 1.45. The van der Waals surface area contributed by atoms with Gasteiger partial charge in [-0.3, -0.25) is 0 Å². The average Bonchev–Trinajstić information content (AvgIpc) is 3.47. The van der Waals surface area contributed by atoms with Crippen molar-refractivity contribution >= 4 is 29.0 Å². The van der Waals surface area contributed by atoms with Gasteiger partial charge in [-0.1, -0.05) is 41.6 Å². The zero-order valence-corrected chi connectivity index (χ0v) is 18.9. The van der Waals surface area contributed by atoms with Gasteiger partial charge >= 0.3 is 0 Å². The summed E-state index contributed by atoms with van der Waals surface area (Å²) in [5.74, 6) is 0.574. The van der Waals surface area contributed by atoms with Crippen molar-refractivity contribution in [3.8, 4) is 6.07 Å². The smallest absolute Gasteiger partial charge is 0.223 e. The van der Waals surface area contributed by atoms with Crippen molar-refractivity contribution in [1.82, 2.24) is 20.2 Å². The van der Waals surface area contributed by atoms with Crippen LogP contribution in [0.5, 0.6) is 0 Å². The molecule has 1 aromatic carbocycles. The molecule has 2 aromatic rings. The minimum Gasteiger partial charge on any atom is -0.354 e. The van der Waals surface area contributed by atoms with E-state index in [1.807, 2.05) is 12.3 Å². The summed E-state index contributed by atoms with van der Waals surface area (Å²) in [6.45, 7) is 8.38. The lowest BCUT2D eigenvalue weighted by atomic mass is 10.1. The van der Waals surface area contributed by atoms with Crippen molar-refractivity contribution in [2.45, 2.75) is 33.1 Å². The zero-order chi connectivity index (χ0) is 21.6. The van der Waals surface area contributed by atoms with Gasteiger partial charge < -0.3 is 15.5 Å². The standard InChI is InChI=1S/C24H28N6S/c1-17-6-8-19(9-7-17)21-16-31-23(28-21)20(14-25)22-18(2)15-27-24(29-22)26-10-5-13-30-11-3-4-12-30/h6-9,15-16,28H,3-5,10-13H2,1-2H3,(H,26,27,29)/b23-20-. The second-order valence-electron chi connectivity index (χ2n) is 8.01. The van der Waals surface area contributed by atoms with Gasteiger partial charge in [0, 0.05) is 18.1 Å². The number of nitrogens with one attached hydrogen (secondary N) is 2. The third kappa shape index (κ3) is 5.27. The molecule has 0 spiro atoms. The SMILES string of the molecule is Cc1ccc(C2=CS/C(=C(/C#N)c3nc(NCCCN4CCCC4)ncc3C)N2)cc1. The molecule has 0 bridgehead atoms. The minimum atomic E-state index is 0.545. The van der Waals surface area contributed by atoms with Crippen LogP contribution < -0.4 is 10.6 Å². The minimum absolute atomic E-state index is 0.545. The number of aryl methyl sites for hydroxylation is 2. The highest BCUT2D eigenvalue weighted by Gasteiger charge is 2.20. The Morgan fingerprint density at radius 2 is 2.00 bits per heavy atom. The molecule has 4 rings (SSSR count). The molecule has 0 amide bonds. The zero-order valence-electron chi connectivity index (χ0n) is 18.1. The maximum Gasteiger partial charge on any atom is 0.223 e. The molecule has 0 radical (unpaired) electrons. The first-order valence-electron chi connectivity index (χ1n) is 10.8. The van der Waals surface area contributed by atoms with Crippen LogP contribution in [0.4, 0.5) is 5.95 Å². The van der Waals surface area contributed by atoms with Crippen LogP contribution in [0, 0.1) is 25.2 Å². The van der Waals surface area contributed by atoms with Crippen molar-refractivity contribution in [2.24, 2.45) is 0 Å². The van der Waals surface area contributed by atoms with Gasteiger partial charge in [0.05, 0.1) is 16.4 Å². The molecule has 7 heteroatoms. The maximum absolute atomic E-state index is 9.91. The molecule has 0 saturated carbocycles. The third-order valence-electron chi connectivity index (χ3n) is 5.59. The Morgan fingerprint density at radius 3 is 2.74 bits per heavy atom. The quantitative estimate of drug-likeness (QED) is 0.492. The summed E-state index contributed by atoms with van der Waals surface area (Å²) in [5.41, 5.74) is 5.43. The van der Waals surface area contributed by atoms with Crippen LogP contribution in [0.25, 0.3) is 11.3 Å². The third-order valence-corrected chi connectivity index (χ3v) is 6.48. The Labute approximate surface area is 188 Å². The predicted octanol–water partition coefficient (Wildman–Crippen LogP) is 4.52. The van der Waals surface area contributed by atoms with Crippen molar-refractivity contribution in [3.63, 3.8) is 0 Å². The van der Waals surface area contributed by atoms with E-state index in [4.69, 9.17) is 0 Å². The van der Waals surface area contributed by atoms with Gasteiger partial charge in [0.2, 0.25) is 5.95 Å². The van der Waals surface area contributed by atoms with Crippen LogP contribution in [-0.2, 0) is 0 Å². The number of thioether (sulfide) groups is 1. The second kappa shape index (κ2) is 9.99. The number of benzene rings is 1. The van der Waals surface area contributed by atoms with Gasteiger partial charge in [-0.15, -0.1) is 0 Å². The summed E-state index contributed by atoms with van der Waals surface area (Å²) >= 11 is 1.52. The van der Waals surface area contributed by atoms with Crippen LogP contribution in [-0.4, -0.2) is 41.0 Å². The molecule has 0 unspecified atom stereocenters. The Morgan fingerprint density at radius 1 is 1.23 bits per heavy atom. The fraction of sp³-hybridized carbons (Fsp3) is 0.375. The lowest BCUT2D eigenvalue weighted by molar-refractivity contribution is 0.337. The summed E-state index contributed by atoms with van der Waals surface area (Å²) in [5, 5.41) is 19.5. The van der Waals surface area contributed by atoms with Crippen LogP contribution in [0.15, 0.2) is 40.9 Å². The number of aromatic nitrogens is 2. The lowest BCUT2D eigenvalue weighted by Gasteiger charge is -2.14. The van der Waals surface area contributed by atoms with Crippen LogP contribution in [0.2, 0.25) is 0 Å². The van der Waals surface area contributed by atoms with Crippen LogP contribution >= 0.6 is 11.8 Å². The van der Waals surface area contributed by atoms with E-state index in [9.17, 15) is 5.26 Å². The molecule has 2 N–H and O–H groups in total. The topological polar surface area (TPSA) is 76.9 Å². The molecule has 160 valence electrons. The summed E-state index contributed by atoms with van der Waals surface area (Å²) in [6, 6.07) is 10.7. The maximum atomic E-state index is 9.91. The lowest BCUT2D eigenvalue weighted by Crippen LogP contribution is -2.22. The van der Waals surface area contributed by atoms with Crippen molar-refractivity contribution in [3.05, 3.63) is 63.3 Å². The Hall–Kier alpha value is -2.82. The first-order valence-corrected chi connectivity index (χ1v) is 11.7. The van der Waals surface area contributed by atoms with E-state index in [0.717, 1.165) is 41.4 Å². The fourth-order valence-electron chi connectivity index (χ4n) is 3.79. The van der Waals surface area contributed by atoms with E-state index in [0.29, 0.717) is 17.2 Å². The first-order chi connectivity index (χ1) is 15.1. The van der Waals surface area contributed by atoms with E-state index in [1.54, 1.807) is 6.20 Å². The van der Waals surface area contributed by atoms with Crippen LogP contribution in [0.3, 0.4) is 0 Å². The molecule has 1 aromatic heterocycles. The van der Waals surface area contributed by atoms with Crippen molar-refractivity contribution in [2.75, 3.05) is 31.5 Å². The second-order valence-corrected chi connectivity index (χ2v) is 8.89. The van der Waals surface area contributed by atoms with Gasteiger partial charge in [-0.2, -0.15) is 5.26 Å². The summed E-state index contributed by atoms with van der Waals surface area (Å²) in [6.07, 6.45) is 5.48. The molecule has 2 aliphatic rings. The van der Waals surface area contributed by atoms with Gasteiger partial charge in [-0.25, -0.2) is 9.97 Å². The average molecular weight is 433 g/mol. The molecule has 1 fully saturated rings. The van der Waals surface area contributed by atoms with Gasteiger partial charge in [0.15, 0.2) is 0 Å². The number of rotatable bonds is 7. The largest absolute Gasteiger partial charge is 0.354 e. The molecule has 3 heterocycles. The summed E-state index contributed by atoms with van der Waals surface area (Å²) in [4.78, 5) is 11.6. The molecular formula is C24H28N6S. The Bertz CT molecular complexity index is 1030. The number of hydrogen-bond donors (Lipinski definition) is 2.